The second-order valence-corrected chi connectivity index (χ2v) is 11.4. The molecule has 0 radical (unpaired) electrons. The van der Waals surface area contributed by atoms with Crippen LogP contribution in [0, 0.1) is 36.0 Å². The minimum atomic E-state index is -0.262. The average molecular weight is 512 g/mol. The molecule has 7 heteroatoms. The quantitative estimate of drug-likeness (QED) is 0.480. The molecular formula is C31H37N5O2. The Hall–Kier alpha value is -3.66. The minimum Gasteiger partial charge on any atom is -0.342 e. The van der Waals surface area contributed by atoms with Crippen molar-refractivity contribution < 1.29 is 9.59 Å². The molecule has 1 saturated heterocycles. The number of aromatic nitrogens is 2. The summed E-state index contributed by atoms with van der Waals surface area (Å²) >= 11 is 0. The Kier molecular flexibility index (Phi) is 7.25. The van der Waals surface area contributed by atoms with Gasteiger partial charge in [0, 0.05) is 43.2 Å². The molecule has 2 fully saturated rings. The van der Waals surface area contributed by atoms with Crippen molar-refractivity contribution in [3.63, 3.8) is 0 Å². The van der Waals surface area contributed by atoms with Gasteiger partial charge in [0.15, 0.2) is 0 Å². The summed E-state index contributed by atoms with van der Waals surface area (Å²) in [5.74, 6) is 1.70. The Morgan fingerprint density at radius 2 is 1.89 bits per heavy atom. The number of carbonyl (C=O) groups excluding carboxylic acids is 2. The number of nitrogens with one attached hydrogen (secondary N) is 1. The van der Waals surface area contributed by atoms with Crippen molar-refractivity contribution >= 4 is 28.5 Å². The number of benzene rings is 1. The van der Waals surface area contributed by atoms with Gasteiger partial charge < -0.3 is 14.8 Å². The highest BCUT2D eigenvalue weighted by molar-refractivity contribution is 6.06. The van der Waals surface area contributed by atoms with Gasteiger partial charge in [0.25, 0.3) is 5.91 Å². The third-order valence-corrected chi connectivity index (χ3v) is 8.80. The van der Waals surface area contributed by atoms with Crippen molar-refractivity contribution in [2.75, 3.05) is 18.4 Å². The van der Waals surface area contributed by atoms with E-state index in [0.29, 0.717) is 40.5 Å². The number of rotatable bonds is 4. The molecule has 5 rings (SSSR count). The van der Waals surface area contributed by atoms with Gasteiger partial charge in [-0.1, -0.05) is 26.3 Å². The molecule has 7 nitrogen and oxygen atoms in total. The SMILES string of the molecule is Cc1c(NC(=O)c2cccc(C#N)c2)cnc2c1c(C1CCN(C(=O)[C@@H]3C[C@@H](C)CC[C@H]3C)CC1)cn2C. The molecule has 198 valence electrons. The number of anilines is 1. The Bertz CT molecular complexity index is 1410. The number of nitrogens with zero attached hydrogens (tertiary/aromatic N) is 4. The molecule has 2 aliphatic rings. The lowest BCUT2D eigenvalue weighted by atomic mass is 9.74. The summed E-state index contributed by atoms with van der Waals surface area (Å²) in [7, 11) is 2.01. The maximum atomic E-state index is 13.4. The fourth-order valence-electron chi connectivity index (χ4n) is 6.42. The van der Waals surface area contributed by atoms with Crippen LogP contribution >= 0.6 is 0 Å². The zero-order valence-electron chi connectivity index (χ0n) is 22.8. The highest BCUT2D eigenvalue weighted by Crippen LogP contribution is 2.39. The molecule has 3 heterocycles. The molecule has 1 saturated carbocycles. The number of nitriles is 1. The molecule has 3 atom stereocenters. The van der Waals surface area contributed by atoms with Crippen molar-refractivity contribution in [2.45, 2.75) is 58.8 Å². The molecule has 1 aromatic carbocycles. The molecule has 0 spiro atoms. The van der Waals surface area contributed by atoms with E-state index in [1.807, 2.05) is 14.0 Å². The second kappa shape index (κ2) is 10.6. The molecule has 3 aromatic rings. The summed E-state index contributed by atoms with van der Waals surface area (Å²) in [5.41, 5.74) is 4.68. The first-order valence-electron chi connectivity index (χ1n) is 13.8. The van der Waals surface area contributed by atoms with Crippen LogP contribution in [0.4, 0.5) is 5.69 Å². The topological polar surface area (TPSA) is 91.0 Å². The van der Waals surface area contributed by atoms with E-state index in [1.165, 1.54) is 12.0 Å². The smallest absolute Gasteiger partial charge is 0.255 e. The maximum Gasteiger partial charge on any atom is 0.255 e. The highest BCUT2D eigenvalue weighted by atomic mass is 16.2. The van der Waals surface area contributed by atoms with Gasteiger partial charge in [0.1, 0.15) is 5.65 Å². The van der Waals surface area contributed by atoms with Crippen molar-refractivity contribution in [1.82, 2.24) is 14.5 Å². The zero-order valence-corrected chi connectivity index (χ0v) is 22.8. The number of pyridine rings is 1. The fourth-order valence-corrected chi connectivity index (χ4v) is 6.42. The van der Waals surface area contributed by atoms with E-state index in [1.54, 1.807) is 30.5 Å². The Balaban J connectivity index is 1.34. The van der Waals surface area contributed by atoms with Crippen LogP contribution in [0.1, 0.15) is 78.9 Å². The monoisotopic (exact) mass is 511 g/mol. The number of aryl methyl sites for hydroxylation is 2. The third-order valence-electron chi connectivity index (χ3n) is 8.80. The van der Waals surface area contributed by atoms with Gasteiger partial charge >= 0.3 is 0 Å². The standard InChI is InChI=1S/C31H37N5O2/c1-19-8-9-20(2)25(14-19)31(38)36-12-10-23(11-13-36)26-18-35(4)29-28(26)21(3)27(17-33-29)34-30(37)24-7-5-6-22(15-24)16-32/h5-7,15,17-20,23,25H,8-14H2,1-4H3,(H,34,37)/t19-,20+,25+/m0/s1. The molecule has 0 bridgehead atoms. The summed E-state index contributed by atoms with van der Waals surface area (Å²) in [6, 6.07) is 8.77. The van der Waals surface area contributed by atoms with E-state index < -0.39 is 0 Å². The molecule has 2 aromatic heterocycles. The number of amides is 2. The van der Waals surface area contributed by atoms with E-state index in [0.717, 1.165) is 55.4 Å². The lowest BCUT2D eigenvalue weighted by molar-refractivity contribution is -0.140. The lowest BCUT2D eigenvalue weighted by Gasteiger charge is -2.38. The average Bonchev–Trinajstić information content (AvgIpc) is 3.28. The summed E-state index contributed by atoms with van der Waals surface area (Å²) in [5, 5.41) is 13.3. The van der Waals surface area contributed by atoms with Crippen LogP contribution in [0.25, 0.3) is 11.0 Å². The Labute approximate surface area is 224 Å². The van der Waals surface area contributed by atoms with Gasteiger partial charge in [-0.15, -0.1) is 0 Å². The lowest BCUT2D eigenvalue weighted by Crippen LogP contribution is -2.44. The summed E-state index contributed by atoms with van der Waals surface area (Å²) in [6.45, 7) is 8.11. The number of fused-ring (bicyclic) bond motifs is 1. The number of hydrogen-bond acceptors (Lipinski definition) is 4. The molecule has 0 unspecified atom stereocenters. The van der Waals surface area contributed by atoms with Crippen molar-refractivity contribution in [1.29, 1.82) is 5.26 Å². The molecule has 1 N–H and O–H groups in total. The predicted octanol–water partition coefficient (Wildman–Crippen LogP) is 5.78. The van der Waals surface area contributed by atoms with E-state index in [9.17, 15) is 14.9 Å². The van der Waals surface area contributed by atoms with Gasteiger partial charge in [-0.2, -0.15) is 5.26 Å². The number of piperidine rings is 1. The predicted molar refractivity (Wildman–Crippen MR) is 149 cm³/mol. The van der Waals surface area contributed by atoms with Crippen molar-refractivity contribution in [3.8, 4) is 6.07 Å². The molecular weight excluding hydrogens is 474 g/mol. The van der Waals surface area contributed by atoms with Gasteiger partial charge in [0.2, 0.25) is 5.91 Å². The largest absolute Gasteiger partial charge is 0.342 e. The first-order chi connectivity index (χ1) is 18.3. The summed E-state index contributed by atoms with van der Waals surface area (Å²) in [4.78, 5) is 33.1. The van der Waals surface area contributed by atoms with Crippen LogP contribution in [-0.2, 0) is 11.8 Å². The van der Waals surface area contributed by atoms with Gasteiger partial charge in [-0.05, 0) is 79.7 Å². The molecule has 38 heavy (non-hydrogen) atoms. The minimum absolute atomic E-state index is 0.166. The van der Waals surface area contributed by atoms with Crippen molar-refractivity contribution in [2.24, 2.45) is 24.8 Å². The zero-order chi connectivity index (χ0) is 27.0. The van der Waals surface area contributed by atoms with Gasteiger partial charge in [-0.3, -0.25) is 9.59 Å². The van der Waals surface area contributed by atoms with Gasteiger partial charge in [0.05, 0.1) is 23.5 Å². The van der Waals surface area contributed by atoms with Crippen LogP contribution in [0.15, 0.2) is 36.7 Å². The van der Waals surface area contributed by atoms with Crippen LogP contribution < -0.4 is 5.32 Å². The maximum absolute atomic E-state index is 13.4. The van der Waals surface area contributed by atoms with Crippen LogP contribution in [0.5, 0.6) is 0 Å². The molecule has 2 amide bonds. The van der Waals surface area contributed by atoms with Crippen LogP contribution in [0.3, 0.4) is 0 Å². The van der Waals surface area contributed by atoms with E-state index in [2.05, 4.69) is 45.9 Å². The second-order valence-electron chi connectivity index (χ2n) is 11.4. The molecule has 1 aliphatic heterocycles. The van der Waals surface area contributed by atoms with Crippen molar-refractivity contribution in [3.05, 3.63) is 58.9 Å². The van der Waals surface area contributed by atoms with Crippen LogP contribution in [-0.4, -0.2) is 39.4 Å². The number of hydrogen-bond donors (Lipinski definition) is 1. The first-order valence-corrected chi connectivity index (χ1v) is 13.8. The number of likely N-dealkylation sites (tertiary alicyclic amines) is 1. The first kappa shape index (κ1) is 26.0. The van der Waals surface area contributed by atoms with E-state index >= 15 is 0 Å². The Morgan fingerprint density at radius 3 is 2.63 bits per heavy atom. The Morgan fingerprint density at radius 1 is 1.13 bits per heavy atom. The highest BCUT2D eigenvalue weighted by Gasteiger charge is 2.35. The third kappa shape index (κ3) is 4.92. The van der Waals surface area contributed by atoms with E-state index in [-0.39, 0.29) is 11.8 Å². The molecule has 1 aliphatic carbocycles. The number of carbonyl (C=O) groups is 2. The summed E-state index contributed by atoms with van der Waals surface area (Å²) < 4.78 is 2.06. The summed E-state index contributed by atoms with van der Waals surface area (Å²) in [6.07, 6.45) is 9.14. The normalized spacial score (nSPS) is 22.3. The van der Waals surface area contributed by atoms with Crippen LogP contribution in [0.2, 0.25) is 0 Å². The fraction of sp³-hybridized carbons (Fsp3) is 0.484. The van der Waals surface area contributed by atoms with E-state index in [4.69, 9.17) is 0 Å². The van der Waals surface area contributed by atoms with Gasteiger partial charge in [-0.25, -0.2) is 4.98 Å².